The topological polar surface area (TPSA) is 71.4 Å². The fraction of sp³-hybridized carbons (Fsp3) is 0.207. The van der Waals surface area contributed by atoms with Gasteiger partial charge in [0.25, 0.3) is 11.8 Å². The van der Waals surface area contributed by atoms with Gasteiger partial charge in [0.2, 0.25) is 0 Å². The summed E-state index contributed by atoms with van der Waals surface area (Å²) in [5.41, 5.74) is 2.87. The fourth-order valence-electron chi connectivity index (χ4n) is 4.03. The van der Waals surface area contributed by atoms with Gasteiger partial charge in [-0.15, -0.1) is 0 Å². The Bertz CT molecular complexity index is 1450. The van der Waals surface area contributed by atoms with Gasteiger partial charge in [-0.3, -0.25) is 14.5 Å². The molecular weight excluding hydrogens is 557 g/mol. The van der Waals surface area contributed by atoms with E-state index in [0.29, 0.717) is 70.0 Å². The highest BCUT2D eigenvalue weighted by atomic mass is 35.5. The summed E-state index contributed by atoms with van der Waals surface area (Å²) in [6.45, 7) is 2.54. The van der Waals surface area contributed by atoms with E-state index in [9.17, 15) is 9.59 Å². The van der Waals surface area contributed by atoms with Crippen LogP contribution in [0.2, 0.25) is 10.0 Å². The van der Waals surface area contributed by atoms with Crippen molar-refractivity contribution in [2.24, 2.45) is 4.99 Å². The Morgan fingerprint density at radius 3 is 2.59 bits per heavy atom. The summed E-state index contributed by atoms with van der Waals surface area (Å²) in [5, 5.41) is 1.67. The highest BCUT2D eigenvalue weighted by molar-refractivity contribution is 8.18. The standard InChI is InChI=1S/C29H25Cl2N3O4S/c1-33-28(36)26(15-19-5-9-24(10-6-19)38-18-21-7-8-22(30)17-25(21)31)39-29(33)32-23-4-2-3-20(16-23)27(35)34-11-13-37-14-12-34/h2-10,15-17H,11-14,18H2,1H3/b26-15+,32-29?. The zero-order valence-electron chi connectivity index (χ0n) is 21.1. The van der Waals surface area contributed by atoms with Crippen molar-refractivity contribution in [2.45, 2.75) is 6.61 Å². The largest absolute Gasteiger partial charge is 0.489 e. The van der Waals surface area contributed by atoms with E-state index in [4.69, 9.17) is 32.7 Å². The van der Waals surface area contributed by atoms with E-state index in [-0.39, 0.29) is 11.8 Å². The number of carbonyl (C=O) groups is 2. The van der Waals surface area contributed by atoms with E-state index in [1.807, 2.05) is 42.5 Å². The molecule has 0 spiro atoms. The maximum atomic E-state index is 12.9. The van der Waals surface area contributed by atoms with Gasteiger partial charge < -0.3 is 14.4 Å². The first-order valence-corrected chi connectivity index (χ1v) is 13.8. The van der Waals surface area contributed by atoms with Gasteiger partial charge in [0.15, 0.2) is 5.17 Å². The number of nitrogens with zero attached hydrogens (tertiary/aromatic N) is 3. The molecule has 7 nitrogen and oxygen atoms in total. The first kappa shape index (κ1) is 27.3. The molecule has 5 rings (SSSR count). The van der Waals surface area contributed by atoms with Crippen molar-refractivity contribution in [1.29, 1.82) is 0 Å². The number of hydrogen-bond donors (Lipinski definition) is 0. The van der Waals surface area contributed by atoms with Crippen LogP contribution >= 0.6 is 35.0 Å². The van der Waals surface area contributed by atoms with E-state index < -0.39 is 0 Å². The zero-order valence-corrected chi connectivity index (χ0v) is 23.4. The molecule has 2 heterocycles. The highest BCUT2D eigenvalue weighted by Crippen LogP contribution is 2.33. The van der Waals surface area contributed by atoms with Gasteiger partial charge in [0.1, 0.15) is 12.4 Å². The number of aliphatic imine (C=N–C) groups is 1. The van der Waals surface area contributed by atoms with Gasteiger partial charge in [-0.1, -0.05) is 47.5 Å². The molecule has 200 valence electrons. The van der Waals surface area contributed by atoms with Gasteiger partial charge in [-0.2, -0.15) is 0 Å². The molecule has 2 fully saturated rings. The van der Waals surface area contributed by atoms with Crippen molar-refractivity contribution in [3.8, 4) is 5.75 Å². The molecule has 0 atom stereocenters. The monoisotopic (exact) mass is 581 g/mol. The Morgan fingerprint density at radius 2 is 1.85 bits per heavy atom. The molecule has 0 bridgehead atoms. The lowest BCUT2D eigenvalue weighted by Gasteiger charge is -2.26. The Hall–Kier alpha value is -3.30. The molecule has 39 heavy (non-hydrogen) atoms. The Kier molecular flexibility index (Phi) is 8.57. The molecule has 0 aliphatic carbocycles. The average molecular weight is 583 g/mol. The quantitative estimate of drug-likeness (QED) is 0.320. The molecule has 0 unspecified atom stereocenters. The summed E-state index contributed by atoms with van der Waals surface area (Å²) < 4.78 is 11.2. The third-order valence-electron chi connectivity index (χ3n) is 6.21. The van der Waals surface area contributed by atoms with Gasteiger partial charge in [0.05, 0.1) is 23.8 Å². The van der Waals surface area contributed by atoms with Crippen molar-refractivity contribution in [3.05, 3.63) is 98.4 Å². The molecule has 10 heteroatoms. The Morgan fingerprint density at radius 1 is 1.08 bits per heavy atom. The number of likely N-dealkylation sites (N-methyl/N-ethyl adjacent to an activating group) is 1. The number of thioether (sulfide) groups is 1. The Balaban J connectivity index is 1.25. The number of rotatable bonds is 6. The van der Waals surface area contributed by atoms with Crippen LogP contribution in [0.5, 0.6) is 5.75 Å². The molecule has 0 aromatic heterocycles. The lowest BCUT2D eigenvalue weighted by atomic mass is 10.1. The molecule has 3 aromatic rings. The second-order valence-electron chi connectivity index (χ2n) is 8.92. The number of ether oxygens (including phenoxy) is 2. The molecule has 0 saturated carbocycles. The minimum absolute atomic E-state index is 0.0480. The van der Waals surface area contributed by atoms with Crippen LogP contribution in [0.25, 0.3) is 6.08 Å². The van der Waals surface area contributed by atoms with E-state index >= 15 is 0 Å². The van der Waals surface area contributed by atoms with Crippen LogP contribution < -0.4 is 4.74 Å². The Labute approximate surface area is 241 Å². The first-order chi connectivity index (χ1) is 18.9. The van der Waals surface area contributed by atoms with Crippen LogP contribution in [0.4, 0.5) is 5.69 Å². The van der Waals surface area contributed by atoms with Crippen molar-refractivity contribution >= 4 is 63.7 Å². The molecule has 0 N–H and O–H groups in total. The summed E-state index contributed by atoms with van der Waals surface area (Å²) in [5.74, 6) is 0.490. The van der Waals surface area contributed by atoms with E-state index in [2.05, 4.69) is 4.99 Å². The van der Waals surface area contributed by atoms with E-state index in [1.54, 1.807) is 42.3 Å². The number of carbonyl (C=O) groups excluding carboxylic acids is 2. The lowest BCUT2D eigenvalue weighted by Crippen LogP contribution is -2.40. The fourth-order valence-corrected chi connectivity index (χ4v) is 5.48. The van der Waals surface area contributed by atoms with Crippen molar-refractivity contribution in [2.75, 3.05) is 33.4 Å². The lowest BCUT2D eigenvalue weighted by molar-refractivity contribution is -0.121. The minimum atomic E-state index is -0.142. The van der Waals surface area contributed by atoms with Gasteiger partial charge in [-0.25, -0.2) is 4.99 Å². The molecule has 2 amide bonds. The van der Waals surface area contributed by atoms with Gasteiger partial charge in [-0.05, 0) is 65.9 Å². The van der Waals surface area contributed by atoms with Gasteiger partial charge >= 0.3 is 0 Å². The van der Waals surface area contributed by atoms with Gasteiger partial charge in [0, 0.05) is 41.3 Å². The third kappa shape index (κ3) is 6.65. The van der Waals surface area contributed by atoms with Crippen molar-refractivity contribution < 1.29 is 19.1 Å². The summed E-state index contributed by atoms with van der Waals surface area (Å²) in [7, 11) is 1.69. The SMILES string of the molecule is CN1C(=O)/C(=C\c2ccc(OCc3ccc(Cl)cc3Cl)cc2)SC1=Nc1cccc(C(=O)N2CCOCC2)c1. The van der Waals surface area contributed by atoms with Crippen LogP contribution in [0.3, 0.4) is 0 Å². The number of halogens is 2. The second kappa shape index (κ2) is 12.3. The number of amidine groups is 1. The van der Waals surface area contributed by atoms with Crippen LogP contribution in [-0.2, 0) is 16.1 Å². The van der Waals surface area contributed by atoms with Crippen molar-refractivity contribution in [1.82, 2.24) is 9.80 Å². The molecule has 3 aromatic carbocycles. The van der Waals surface area contributed by atoms with Crippen LogP contribution in [0.15, 0.2) is 76.6 Å². The van der Waals surface area contributed by atoms with Crippen molar-refractivity contribution in [3.63, 3.8) is 0 Å². The average Bonchev–Trinajstić information content (AvgIpc) is 3.21. The predicted molar refractivity (Wildman–Crippen MR) is 156 cm³/mol. The highest BCUT2D eigenvalue weighted by Gasteiger charge is 2.30. The number of benzene rings is 3. The molecule has 2 aliphatic heterocycles. The zero-order chi connectivity index (χ0) is 27.4. The number of amides is 2. The maximum Gasteiger partial charge on any atom is 0.266 e. The van der Waals surface area contributed by atoms with Crippen LogP contribution in [0, 0.1) is 0 Å². The first-order valence-electron chi connectivity index (χ1n) is 12.3. The van der Waals surface area contributed by atoms with E-state index in [0.717, 1.165) is 11.1 Å². The number of morpholine rings is 1. The summed E-state index contributed by atoms with van der Waals surface area (Å²) >= 11 is 13.5. The molecule has 2 saturated heterocycles. The molecule has 2 aliphatic rings. The van der Waals surface area contributed by atoms with Crippen LogP contribution in [-0.4, -0.2) is 60.1 Å². The summed E-state index contributed by atoms with van der Waals surface area (Å²) in [6, 6.07) is 19.9. The predicted octanol–water partition coefficient (Wildman–Crippen LogP) is 6.28. The maximum absolute atomic E-state index is 12.9. The third-order valence-corrected chi connectivity index (χ3v) is 7.85. The smallest absolute Gasteiger partial charge is 0.266 e. The molecule has 0 radical (unpaired) electrons. The second-order valence-corrected chi connectivity index (χ2v) is 10.8. The number of hydrogen-bond acceptors (Lipinski definition) is 6. The summed E-state index contributed by atoms with van der Waals surface area (Å²) in [4.78, 5) is 34.3. The van der Waals surface area contributed by atoms with Crippen LogP contribution in [0.1, 0.15) is 21.5 Å². The normalized spacial score (nSPS) is 17.8. The van der Waals surface area contributed by atoms with E-state index in [1.165, 1.54) is 16.7 Å². The minimum Gasteiger partial charge on any atom is -0.489 e. The molecular formula is C29H25Cl2N3O4S. The summed E-state index contributed by atoms with van der Waals surface area (Å²) in [6.07, 6.45) is 1.82.